The van der Waals surface area contributed by atoms with Gasteiger partial charge in [-0.15, -0.1) is 0 Å². The molecule has 124 valence electrons. The SMILES string of the molecule is CCCS(=O)(=O)ON1CCC(NCc2ccccc2)CC1C. The largest absolute Gasteiger partial charge is 0.310 e. The van der Waals surface area contributed by atoms with E-state index in [4.69, 9.17) is 4.28 Å². The number of nitrogens with one attached hydrogen (secondary N) is 1. The molecule has 0 aliphatic carbocycles. The Morgan fingerprint density at radius 3 is 2.68 bits per heavy atom. The summed E-state index contributed by atoms with van der Waals surface area (Å²) in [5.41, 5.74) is 1.26. The average molecular weight is 326 g/mol. The minimum atomic E-state index is -3.43. The summed E-state index contributed by atoms with van der Waals surface area (Å²) >= 11 is 0. The molecule has 6 heteroatoms. The smallest absolute Gasteiger partial charge is 0.283 e. The highest BCUT2D eigenvalue weighted by Crippen LogP contribution is 2.19. The third-order valence-electron chi connectivity index (χ3n) is 3.92. The molecule has 1 fully saturated rings. The molecule has 2 atom stereocenters. The van der Waals surface area contributed by atoms with Gasteiger partial charge in [0.25, 0.3) is 10.1 Å². The van der Waals surface area contributed by atoms with E-state index in [1.54, 1.807) is 5.06 Å². The minimum absolute atomic E-state index is 0.0753. The molecule has 0 spiro atoms. The molecule has 22 heavy (non-hydrogen) atoms. The number of hydrogen-bond acceptors (Lipinski definition) is 5. The summed E-state index contributed by atoms with van der Waals surface area (Å²) in [6, 6.07) is 10.8. The van der Waals surface area contributed by atoms with Crippen molar-refractivity contribution in [3.05, 3.63) is 35.9 Å². The zero-order chi connectivity index (χ0) is 16.0. The molecule has 1 aliphatic rings. The van der Waals surface area contributed by atoms with E-state index in [0.29, 0.717) is 19.0 Å². The lowest BCUT2D eigenvalue weighted by atomic mass is 10.00. The molecule has 0 saturated carbocycles. The van der Waals surface area contributed by atoms with Crippen LogP contribution in [0.15, 0.2) is 30.3 Å². The predicted octanol–water partition coefficient (Wildman–Crippen LogP) is 2.30. The van der Waals surface area contributed by atoms with E-state index in [9.17, 15) is 8.42 Å². The van der Waals surface area contributed by atoms with E-state index < -0.39 is 10.1 Å². The predicted molar refractivity (Wildman–Crippen MR) is 87.6 cm³/mol. The molecule has 1 aromatic rings. The van der Waals surface area contributed by atoms with Crippen molar-refractivity contribution in [2.45, 2.75) is 51.7 Å². The van der Waals surface area contributed by atoms with Crippen LogP contribution < -0.4 is 5.32 Å². The van der Waals surface area contributed by atoms with Gasteiger partial charge in [-0.1, -0.05) is 37.3 Å². The van der Waals surface area contributed by atoms with Crippen molar-refractivity contribution in [3.8, 4) is 0 Å². The molecule has 5 nitrogen and oxygen atoms in total. The summed E-state index contributed by atoms with van der Waals surface area (Å²) in [5, 5.41) is 5.16. The van der Waals surface area contributed by atoms with Gasteiger partial charge in [0, 0.05) is 25.2 Å². The summed E-state index contributed by atoms with van der Waals surface area (Å²) in [6.45, 7) is 5.33. The quantitative estimate of drug-likeness (QED) is 0.833. The van der Waals surface area contributed by atoms with Crippen LogP contribution in [0.2, 0.25) is 0 Å². The van der Waals surface area contributed by atoms with Gasteiger partial charge in [0.2, 0.25) is 0 Å². The van der Waals surface area contributed by atoms with Gasteiger partial charge in [-0.3, -0.25) is 0 Å². The van der Waals surface area contributed by atoms with Crippen LogP contribution in [0.25, 0.3) is 0 Å². The molecule has 1 heterocycles. The Kier molecular flexibility index (Phi) is 6.37. The molecule has 1 aliphatic heterocycles. The molecule has 2 unspecified atom stereocenters. The van der Waals surface area contributed by atoms with Gasteiger partial charge in [-0.2, -0.15) is 17.8 Å². The number of benzene rings is 1. The standard InChI is InChI=1S/C16H26N2O3S/c1-3-11-22(19,20)21-18-10-9-16(12-14(18)2)17-13-15-7-5-4-6-8-15/h4-8,14,16-17H,3,9-13H2,1-2H3. The fraction of sp³-hybridized carbons (Fsp3) is 0.625. The van der Waals surface area contributed by atoms with Crippen molar-refractivity contribution in [1.82, 2.24) is 10.4 Å². The highest BCUT2D eigenvalue weighted by molar-refractivity contribution is 7.86. The van der Waals surface area contributed by atoms with Gasteiger partial charge in [0.15, 0.2) is 0 Å². The molecule has 2 rings (SSSR count). The summed E-state index contributed by atoms with van der Waals surface area (Å²) in [4.78, 5) is 0. The van der Waals surface area contributed by atoms with Crippen LogP contribution in [0.1, 0.15) is 38.7 Å². The Labute approximate surface area is 133 Å². The van der Waals surface area contributed by atoms with Crippen molar-refractivity contribution in [3.63, 3.8) is 0 Å². The van der Waals surface area contributed by atoms with Gasteiger partial charge in [0.1, 0.15) is 0 Å². The van der Waals surface area contributed by atoms with Crippen LogP contribution in [0.4, 0.5) is 0 Å². The highest BCUT2D eigenvalue weighted by atomic mass is 32.2. The van der Waals surface area contributed by atoms with Crippen LogP contribution >= 0.6 is 0 Å². The molecule has 0 bridgehead atoms. The van der Waals surface area contributed by atoms with E-state index in [1.165, 1.54) is 5.56 Å². The van der Waals surface area contributed by atoms with Gasteiger partial charge < -0.3 is 5.32 Å². The van der Waals surface area contributed by atoms with Crippen molar-refractivity contribution in [1.29, 1.82) is 0 Å². The minimum Gasteiger partial charge on any atom is -0.310 e. The topological polar surface area (TPSA) is 58.6 Å². The van der Waals surface area contributed by atoms with E-state index in [2.05, 4.69) is 17.4 Å². The van der Waals surface area contributed by atoms with Crippen LogP contribution in [-0.4, -0.2) is 37.9 Å². The normalized spacial score (nSPS) is 23.5. The number of hydrogen-bond donors (Lipinski definition) is 1. The highest BCUT2D eigenvalue weighted by Gasteiger charge is 2.29. The number of hydroxylamine groups is 2. The number of nitrogens with zero attached hydrogens (tertiary/aromatic N) is 1. The Hall–Kier alpha value is -0.950. The van der Waals surface area contributed by atoms with Gasteiger partial charge in [0.05, 0.1) is 5.75 Å². The Balaban J connectivity index is 1.80. The number of rotatable bonds is 7. The number of piperidine rings is 1. The Bertz CT molecular complexity index is 548. The first-order valence-corrected chi connectivity index (χ1v) is 9.54. The maximum Gasteiger partial charge on any atom is 0.283 e. The first-order valence-electron chi connectivity index (χ1n) is 7.96. The van der Waals surface area contributed by atoms with E-state index in [1.807, 2.05) is 32.0 Å². The first kappa shape index (κ1) is 17.4. The van der Waals surface area contributed by atoms with E-state index >= 15 is 0 Å². The van der Waals surface area contributed by atoms with Crippen LogP contribution in [0.5, 0.6) is 0 Å². The fourth-order valence-electron chi connectivity index (χ4n) is 2.74. The third kappa shape index (κ3) is 5.35. The maximum atomic E-state index is 11.8. The molecular formula is C16H26N2O3S. The van der Waals surface area contributed by atoms with E-state index in [0.717, 1.165) is 19.4 Å². The molecule has 0 radical (unpaired) electrons. The third-order valence-corrected chi connectivity index (χ3v) is 5.24. The van der Waals surface area contributed by atoms with Gasteiger partial charge >= 0.3 is 0 Å². The zero-order valence-corrected chi connectivity index (χ0v) is 14.2. The second-order valence-electron chi connectivity index (χ2n) is 5.91. The molecule has 0 aromatic heterocycles. The molecular weight excluding hydrogens is 300 g/mol. The lowest BCUT2D eigenvalue weighted by Crippen LogP contribution is -2.48. The summed E-state index contributed by atoms with van der Waals surface area (Å²) in [7, 11) is -3.43. The van der Waals surface area contributed by atoms with Gasteiger partial charge in [-0.25, -0.2) is 0 Å². The van der Waals surface area contributed by atoms with Crippen molar-refractivity contribution in [2.24, 2.45) is 0 Å². The summed E-state index contributed by atoms with van der Waals surface area (Å²) in [6.07, 6.45) is 2.35. The van der Waals surface area contributed by atoms with E-state index in [-0.39, 0.29) is 11.8 Å². The molecule has 1 aromatic carbocycles. The zero-order valence-electron chi connectivity index (χ0n) is 13.4. The summed E-state index contributed by atoms with van der Waals surface area (Å²) in [5.74, 6) is 0.0753. The Morgan fingerprint density at radius 2 is 2.05 bits per heavy atom. The van der Waals surface area contributed by atoms with Crippen LogP contribution in [0.3, 0.4) is 0 Å². The molecule has 0 amide bonds. The fourth-order valence-corrected chi connectivity index (χ4v) is 3.83. The second-order valence-corrected chi connectivity index (χ2v) is 7.59. The van der Waals surface area contributed by atoms with Crippen molar-refractivity contribution in [2.75, 3.05) is 12.3 Å². The maximum absolute atomic E-state index is 11.8. The van der Waals surface area contributed by atoms with Crippen molar-refractivity contribution < 1.29 is 12.7 Å². The lowest BCUT2D eigenvalue weighted by Gasteiger charge is -2.36. The monoisotopic (exact) mass is 326 g/mol. The average Bonchev–Trinajstić information content (AvgIpc) is 2.48. The van der Waals surface area contributed by atoms with Gasteiger partial charge in [-0.05, 0) is 31.7 Å². The lowest BCUT2D eigenvalue weighted by molar-refractivity contribution is -0.106. The first-order chi connectivity index (χ1) is 10.5. The van der Waals surface area contributed by atoms with Crippen molar-refractivity contribution >= 4 is 10.1 Å². The second kappa shape index (κ2) is 8.06. The van der Waals surface area contributed by atoms with Crippen LogP contribution in [0, 0.1) is 0 Å². The molecule has 1 N–H and O–H groups in total. The summed E-state index contributed by atoms with van der Waals surface area (Å²) < 4.78 is 28.7. The van der Waals surface area contributed by atoms with Crippen LogP contribution in [-0.2, 0) is 20.9 Å². The molecule has 1 saturated heterocycles. The Morgan fingerprint density at radius 1 is 1.32 bits per heavy atom.